The molecule has 2 aromatic rings. The highest BCUT2D eigenvalue weighted by molar-refractivity contribution is 5.84. The maximum Gasteiger partial charge on any atom is 0.322 e. The lowest BCUT2D eigenvalue weighted by atomic mass is 10.2. The molecule has 0 atom stereocenters. The molecule has 2 N–H and O–H groups in total. The van der Waals surface area contributed by atoms with Crippen LogP contribution in [0.25, 0.3) is 10.9 Å². The second-order valence-corrected chi connectivity index (χ2v) is 3.67. The number of para-hydroxylation sites is 1. The van der Waals surface area contributed by atoms with Crippen molar-refractivity contribution in [2.24, 2.45) is 0 Å². The van der Waals surface area contributed by atoms with Gasteiger partial charge >= 0.3 is 5.97 Å². The van der Waals surface area contributed by atoms with E-state index in [1.165, 1.54) is 0 Å². The molecule has 0 aliphatic rings. The van der Waals surface area contributed by atoms with Gasteiger partial charge in [-0.15, -0.1) is 0 Å². The van der Waals surface area contributed by atoms with Crippen LogP contribution in [0.15, 0.2) is 36.5 Å². The number of rotatable bonds is 4. The third-order valence-electron chi connectivity index (χ3n) is 2.43. The fourth-order valence-electron chi connectivity index (χ4n) is 1.66. The number of carboxylic acids is 1. The summed E-state index contributed by atoms with van der Waals surface area (Å²) in [5, 5.41) is 11.8. The Morgan fingerprint density at radius 2 is 2.00 bits per heavy atom. The number of amides is 1. The molecule has 1 amide bonds. The van der Waals surface area contributed by atoms with Crippen LogP contribution in [0.1, 0.15) is 0 Å². The number of aliphatic carboxylic acids is 1. The molecule has 1 aromatic carbocycles. The molecule has 0 bridgehead atoms. The first-order valence-corrected chi connectivity index (χ1v) is 5.19. The maximum absolute atomic E-state index is 11.5. The average Bonchev–Trinajstić information content (AvgIpc) is 2.70. The molecule has 5 nitrogen and oxygen atoms in total. The summed E-state index contributed by atoms with van der Waals surface area (Å²) in [4.78, 5) is 21.8. The quantitative estimate of drug-likeness (QED) is 0.820. The second kappa shape index (κ2) is 4.69. The Bertz CT molecular complexity index is 560. The first-order chi connectivity index (χ1) is 8.16. The molecule has 0 aliphatic heterocycles. The van der Waals surface area contributed by atoms with Gasteiger partial charge in [-0.05, 0) is 17.5 Å². The van der Waals surface area contributed by atoms with Crippen molar-refractivity contribution >= 4 is 22.8 Å². The zero-order chi connectivity index (χ0) is 12.3. The molecule has 1 heterocycles. The molecule has 1 aromatic heterocycles. The number of fused-ring (bicyclic) bond motifs is 1. The number of hydrogen-bond acceptors (Lipinski definition) is 2. The van der Waals surface area contributed by atoms with Gasteiger partial charge in [0.2, 0.25) is 5.91 Å². The predicted octanol–water partition coefficient (Wildman–Crippen LogP) is 0.842. The van der Waals surface area contributed by atoms with Gasteiger partial charge in [0.1, 0.15) is 13.1 Å². The van der Waals surface area contributed by atoms with E-state index in [0.29, 0.717) is 0 Å². The maximum atomic E-state index is 11.5. The summed E-state index contributed by atoms with van der Waals surface area (Å²) in [5.74, 6) is -1.36. The molecule has 0 unspecified atom stereocenters. The van der Waals surface area contributed by atoms with Crippen molar-refractivity contribution in [2.75, 3.05) is 6.54 Å². The van der Waals surface area contributed by atoms with E-state index < -0.39 is 5.97 Å². The minimum absolute atomic E-state index is 0.126. The van der Waals surface area contributed by atoms with E-state index in [0.717, 1.165) is 10.9 Å². The molecule has 0 saturated heterocycles. The summed E-state index contributed by atoms with van der Waals surface area (Å²) in [6.45, 7) is -0.223. The van der Waals surface area contributed by atoms with Gasteiger partial charge in [0, 0.05) is 11.7 Å². The fraction of sp³-hybridized carbons (Fsp3) is 0.167. The third kappa shape index (κ3) is 2.63. The van der Waals surface area contributed by atoms with Gasteiger partial charge in [-0.1, -0.05) is 18.2 Å². The minimum Gasteiger partial charge on any atom is -0.480 e. The van der Waals surface area contributed by atoms with Crippen LogP contribution >= 0.6 is 0 Å². The van der Waals surface area contributed by atoms with Crippen LogP contribution in [0.5, 0.6) is 0 Å². The van der Waals surface area contributed by atoms with Crippen molar-refractivity contribution in [1.29, 1.82) is 0 Å². The molecule has 0 radical (unpaired) electrons. The Morgan fingerprint density at radius 3 is 2.76 bits per heavy atom. The predicted molar refractivity (Wildman–Crippen MR) is 62.6 cm³/mol. The molecule has 5 heteroatoms. The summed E-state index contributed by atoms with van der Waals surface area (Å²) < 4.78 is 1.78. The first-order valence-electron chi connectivity index (χ1n) is 5.19. The van der Waals surface area contributed by atoms with E-state index in [1.54, 1.807) is 4.57 Å². The van der Waals surface area contributed by atoms with E-state index >= 15 is 0 Å². The molecule has 0 fully saturated rings. The SMILES string of the molecule is O=C(O)CNC(=O)Cn1ccc2ccccc21. The summed E-state index contributed by atoms with van der Waals surface area (Å²) in [6.07, 6.45) is 1.81. The number of carbonyl (C=O) groups is 2. The molecule has 0 spiro atoms. The summed E-state index contributed by atoms with van der Waals surface area (Å²) in [5.41, 5.74) is 0.956. The minimum atomic E-state index is -1.05. The Morgan fingerprint density at radius 1 is 1.24 bits per heavy atom. The van der Waals surface area contributed by atoms with Crippen molar-refractivity contribution in [1.82, 2.24) is 9.88 Å². The Balaban J connectivity index is 2.08. The number of carboxylic acid groups (broad SMARTS) is 1. The van der Waals surface area contributed by atoms with E-state index in [2.05, 4.69) is 5.32 Å². The zero-order valence-corrected chi connectivity index (χ0v) is 9.09. The molecule has 0 aliphatic carbocycles. The number of nitrogens with one attached hydrogen (secondary N) is 1. The molecule has 88 valence electrons. The van der Waals surface area contributed by atoms with Crippen molar-refractivity contribution in [3.8, 4) is 0 Å². The van der Waals surface area contributed by atoms with E-state index in [-0.39, 0.29) is 19.0 Å². The van der Waals surface area contributed by atoms with Crippen LogP contribution < -0.4 is 5.32 Å². The Labute approximate surface area is 97.7 Å². The Hall–Kier alpha value is -2.30. The van der Waals surface area contributed by atoms with Gasteiger partial charge < -0.3 is 15.0 Å². The van der Waals surface area contributed by atoms with Crippen LogP contribution in [0.3, 0.4) is 0 Å². The lowest BCUT2D eigenvalue weighted by Gasteiger charge is -2.05. The number of nitrogens with zero attached hydrogens (tertiary/aromatic N) is 1. The summed E-state index contributed by atoms with van der Waals surface area (Å²) in [6, 6.07) is 9.62. The zero-order valence-electron chi connectivity index (χ0n) is 9.09. The number of benzene rings is 1. The van der Waals surface area contributed by atoms with E-state index in [4.69, 9.17) is 5.11 Å². The van der Waals surface area contributed by atoms with Gasteiger partial charge in [-0.3, -0.25) is 9.59 Å². The summed E-state index contributed by atoms with van der Waals surface area (Å²) >= 11 is 0. The van der Waals surface area contributed by atoms with Crippen molar-refractivity contribution < 1.29 is 14.7 Å². The topological polar surface area (TPSA) is 71.3 Å². The normalized spacial score (nSPS) is 10.4. The van der Waals surface area contributed by atoms with Crippen LogP contribution in [0, 0.1) is 0 Å². The van der Waals surface area contributed by atoms with Gasteiger partial charge in [0.25, 0.3) is 0 Å². The van der Waals surface area contributed by atoms with Gasteiger partial charge in [0.15, 0.2) is 0 Å². The highest BCUT2D eigenvalue weighted by Crippen LogP contribution is 2.14. The standard InChI is InChI=1S/C12H12N2O3/c15-11(13-7-12(16)17)8-14-6-5-9-3-1-2-4-10(9)14/h1-6H,7-8H2,(H,13,15)(H,16,17). The molecule has 0 saturated carbocycles. The van der Waals surface area contributed by atoms with Crippen molar-refractivity contribution in [3.05, 3.63) is 36.5 Å². The molecular formula is C12H12N2O3. The third-order valence-corrected chi connectivity index (χ3v) is 2.43. The van der Waals surface area contributed by atoms with Crippen LogP contribution in [0.4, 0.5) is 0 Å². The van der Waals surface area contributed by atoms with Crippen molar-refractivity contribution in [3.63, 3.8) is 0 Å². The largest absolute Gasteiger partial charge is 0.480 e. The van der Waals surface area contributed by atoms with Crippen LogP contribution in [-0.4, -0.2) is 28.1 Å². The fourth-order valence-corrected chi connectivity index (χ4v) is 1.66. The smallest absolute Gasteiger partial charge is 0.322 e. The van der Waals surface area contributed by atoms with Gasteiger partial charge in [-0.25, -0.2) is 0 Å². The molecule has 17 heavy (non-hydrogen) atoms. The number of carbonyl (C=O) groups excluding carboxylic acids is 1. The first kappa shape index (κ1) is 11.2. The van der Waals surface area contributed by atoms with E-state index in [1.807, 2.05) is 36.5 Å². The highest BCUT2D eigenvalue weighted by Gasteiger charge is 2.06. The van der Waals surface area contributed by atoms with E-state index in [9.17, 15) is 9.59 Å². The highest BCUT2D eigenvalue weighted by atomic mass is 16.4. The van der Waals surface area contributed by atoms with Crippen LogP contribution in [0.2, 0.25) is 0 Å². The van der Waals surface area contributed by atoms with Crippen LogP contribution in [-0.2, 0) is 16.1 Å². The molecular weight excluding hydrogens is 220 g/mol. The molecule has 2 rings (SSSR count). The monoisotopic (exact) mass is 232 g/mol. The number of aromatic nitrogens is 1. The summed E-state index contributed by atoms with van der Waals surface area (Å²) in [7, 11) is 0. The Kier molecular flexibility index (Phi) is 3.09. The lowest BCUT2D eigenvalue weighted by Crippen LogP contribution is -2.31. The second-order valence-electron chi connectivity index (χ2n) is 3.67. The average molecular weight is 232 g/mol. The van der Waals surface area contributed by atoms with Gasteiger partial charge in [0.05, 0.1) is 0 Å². The van der Waals surface area contributed by atoms with Gasteiger partial charge in [-0.2, -0.15) is 0 Å². The lowest BCUT2D eigenvalue weighted by molar-refractivity contribution is -0.138. The number of hydrogen-bond donors (Lipinski definition) is 2. The van der Waals surface area contributed by atoms with Crippen molar-refractivity contribution in [2.45, 2.75) is 6.54 Å².